The van der Waals surface area contributed by atoms with E-state index in [1.165, 1.54) is 0 Å². The smallest absolute Gasteiger partial charge is 0.179 e. The number of hydrogen-bond donors (Lipinski definition) is 0. The van der Waals surface area contributed by atoms with Crippen molar-refractivity contribution >= 4 is 5.78 Å². The van der Waals surface area contributed by atoms with Crippen molar-refractivity contribution in [3.8, 4) is 0 Å². The predicted molar refractivity (Wildman–Crippen MR) is 84.9 cm³/mol. The van der Waals surface area contributed by atoms with Gasteiger partial charge in [-0.15, -0.1) is 0 Å². The molecule has 21 heavy (non-hydrogen) atoms. The molecule has 0 aliphatic carbocycles. The summed E-state index contributed by atoms with van der Waals surface area (Å²) in [5, 5.41) is 0. The lowest BCUT2D eigenvalue weighted by Gasteiger charge is -2.28. The van der Waals surface area contributed by atoms with Gasteiger partial charge in [0.1, 0.15) is 0 Å². The summed E-state index contributed by atoms with van der Waals surface area (Å²) < 4.78 is 10.2. The molecule has 1 unspecified atom stereocenters. The zero-order chi connectivity index (χ0) is 15.7. The lowest BCUT2D eigenvalue weighted by Crippen LogP contribution is -2.41. The number of ether oxygens (including phenoxy) is 2. The van der Waals surface area contributed by atoms with Gasteiger partial charge in [0.25, 0.3) is 0 Å². The minimum Gasteiger partial charge on any atom is -0.385 e. The lowest BCUT2D eigenvalue weighted by molar-refractivity contribution is 0.0748. The van der Waals surface area contributed by atoms with Crippen LogP contribution in [0.25, 0.3) is 0 Å². The summed E-state index contributed by atoms with van der Waals surface area (Å²) in [5.41, 5.74) is 1.93. The van der Waals surface area contributed by atoms with Gasteiger partial charge in [0.15, 0.2) is 5.78 Å². The maximum Gasteiger partial charge on any atom is 0.179 e. The molecule has 0 saturated carbocycles. The average molecular weight is 293 g/mol. The van der Waals surface area contributed by atoms with Crippen molar-refractivity contribution in [1.29, 1.82) is 0 Å². The summed E-state index contributed by atoms with van der Waals surface area (Å²) in [6.07, 6.45) is 0.908. The molecule has 0 bridgehead atoms. The van der Waals surface area contributed by atoms with Crippen molar-refractivity contribution in [2.24, 2.45) is 0 Å². The summed E-state index contributed by atoms with van der Waals surface area (Å²) in [6.45, 7) is 6.89. The molecule has 1 atom stereocenters. The summed E-state index contributed by atoms with van der Waals surface area (Å²) in [7, 11) is 3.38. The molecule has 4 heteroatoms. The van der Waals surface area contributed by atoms with E-state index in [1.807, 2.05) is 38.1 Å². The van der Waals surface area contributed by atoms with E-state index >= 15 is 0 Å². The van der Waals surface area contributed by atoms with Crippen LogP contribution in [0.3, 0.4) is 0 Å². The van der Waals surface area contributed by atoms with E-state index in [0.29, 0.717) is 13.2 Å². The van der Waals surface area contributed by atoms with Crippen LogP contribution in [0.5, 0.6) is 0 Å². The van der Waals surface area contributed by atoms with Gasteiger partial charge < -0.3 is 9.47 Å². The Morgan fingerprint density at radius 1 is 1.10 bits per heavy atom. The Kier molecular flexibility index (Phi) is 8.20. The molecule has 0 spiro atoms. The van der Waals surface area contributed by atoms with Crippen LogP contribution in [0.1, 0.15) is 29.3 Å². The van der Waals surface area contributed by atoms with Gasteiger partial charge in [0.05, 0.1) is 12.6 Å². The van der Waals surface area contributed by atoms with Crippen LogP contribution in [0.4, 0.5) is 0 Å². The SMILES string of the molecule is COCCCN(CCOC)C(C)C(=O)c1ccc(C)cc1. The highest BCUT2D eigenvalue weighted by atomic mass is 16.5. The number of methoxy groups -OCH3 is 2. The van der Waals surface area contributed by atoms with Gasteiger partial charge in [-0.05, 0) is 20.3 Å². The molecule has 118 valence electrons. The van der Waals surface area contributed by atoms with Gasteiger partial charge >= 0.3 is 0 Å². The van der Waals surface area contributed by atoms with Gasteiger partial charge in [-0.1, -0.05) is 29.8 Å². The number of carbonyl (C=O) groups excluding carboxylic acids is 1. The van der Waals surface area contributed by atoms with E-state index in [9.17, 15) is 4.79 Å². The first-order valence-electron chi connectivity index (χ1n) is 7.43. The lowest BCUT2D eigenvalue weighted by atomic mass is 10.0. The number of aryl methyl sites for hydroxylation is 1. The molecule has 4 nitrogen and oxygen atoms in total. The van der Waals surface area contributed by atoms with Crippen molar-refractivity contribution in [2.45, 2.75) is 26.3 Å². The second-order valence-corrected chi connectivity index (χ2v) is 5.28. The molecule has 1 aromatic carbocycles. The molecule has 1 rings (SSSR count). The minimum atomic E-state index is -0.153. The first-order valence-corrected chi connectivity index (χ1v) is 7.43. The summed E-state index contributed by atoms with van der Waals surface area (Å²) in [6, 6.07) is 7.60. The van der Waals surface area contributed by atoms with E-state index in [1.54, 1.807) is 14.2 Å². The van der Waals surface area contributed by atoms with E-state index in [2.05, 4.69) is 4.90 Å². The van der Waals surface area contributed by atoms with Crippen LogP contribution < -0.4 is 0 Å². The van der Waals surface area contributed by atoms with Crippen molar-refractivity contribution < 1.29 is 14.3 Å². The second-order valence-electron chi connectivity index (χ2n) is 5.28. The Morgan fingerprint density at radius 3 is 2.29 bits per heavy atom. The number of benzene rings is 1. The maximum absolute atomic E-state index is 12.6. The maximum atomic E-state index is 12.6. The van der Waals surface area contributed by atoms with Crippen LogP contribution in [0.2, 0.25) is 0 Å². The van der Waals surface area contributed by atoms with Crippen molar-refractivity contribution in [3.63, 3.8) is 0 Å². The Balaban J connectivity index is 2.70. The van der Waals surface area contributed by atoms with Crippen molar-refractivity contribution in [2.75, 3.05) is 40.5 Å². The first-order chi connectivity index (χ1) is 10.1. The molecule has 0 aromatic heterocycles. The van der Waals surface area contributed by atoms with Gasteiger partial charge in [-0.25, -0.2) is 0 Å². The first kappa shape index (κ1) is 17.8. The van der Waals surface area contributed by atoms with E-state index in [0.717, 1.165) is 30.6 Å². The summed E-state index contributed by atoms with van der Waals surface area (Å²) >= 11 is 0. The third kappa shape index (κ3) is 5.96. The molecule has 1 aromatic rings. The molecule has 0 N–H and O–H groups in total. The fraction of sp³-hybridized carbons (Fsp3) is 0.588. The van der Waals surface area contributed by atoms with E-state index in [-0.39, 0.29) is 11.8 Å². The highest BCUT2D eigenvalue weighted by Gasteiger charge is 2.21. The Bertz CT molecular complexity index is 417. The third-order valence-corrected chi connectivity index (χ3v) is 3.64. The molecule has 0 amide bonds. The summed E-state index contributed by atoms with van der Waals surface area (Å²) in [4.78, 5) is 14.7. The third-order valence-electron chi connectivity index (χ3n) is 3.64. The van der Waals surface area contributed by atoms with Crippen LogP contribution in [-0.2, 0) is 9.47 Å². The normalized spacial score (nSPS) is 12.6. The van der Waals surface area contributed by atoms with Gasteiger partial charge in [-0.3, -0.25) is 9.69 Å². The summed E-state index contributed by atoms with van der Waals surface area (Å²) in [5.74, 6) is 0.156. The largest absolute Gasteiger partial charge is 0.385 e. The topological polar surface area (TPSA) is 38.8 Å². The minimum absolute atomic E-state index is 0.153. The van der Waals surface area contributed by atoms with Gasteiger partial charge in [0, 0.05) is 39.5 Å². The number of ketones is 1. The number of Topliss-reactive ketones (excluding diaryl/α,β-unsaturated/α-hetero) is 1. The van der Waals surface area contributed by atoms with Crippen molar-refractivity contribution in [1.82, 2.24) is 4.90 Å². The predicted octanol–water partition coefficient (Wildman–Crippen LogP) is 2.55. The molecule has 0 fully saturated rings. The van der Waals surface area contributed by atoms with Crippen LogP contribution in [-0.4, -0.2) is 57.2 Å². The molecule has 0 heterocycles. The van der Waals surface area contributed by atoms with Gasteiger partial charge in [0.2, 0.25) is 0 Å². The van der Waals surface area contributed by atoms with E-state index < -0.39 is 0 Å². The number of nitrogens with zero attached hydrogens (tertiary/aromatic N) is 1. The molecule has 0 saturated heterocycles. The number of carbonyl (C=O) groups is 1. The zero-order valence-electron chi connectivity index (χ0n) is 13.6. The Labute approximate surface area is 128 Å². The monoisotopic (exact) mass is 293 g/mol. The number of hydrogen-bond acceptors (Lipinski definition) is 4. The fourth-order valence-electron chi connectivity index (χ4n) is 2.24. The van der Waals surface area contributed by atoms with E-state index in [4.69, 9.17) is 9.47 Å². The quantitative estimate of drug-likeness (QED) is 0.491. The average Bonchev–Trinajstić information content (AvgIpc) is 2.50. The number of rotatable bonds is 10. The standard InChI is InChI=1S/C17H27NO3/c1-14-6-8-16(9-7-14)17(19)15(2)18(11-13-21-4)10-5-12-20-3/h6-9,15H,5,10-13H2,1-4H3. The van der Waals surface area contributed by atoms with Gasteiger partial charge in [-0.2, -0.15) is 0 Å². The Hall–Kier alpha value is -1.23. The molecule has 0 aliphatic rings. The molecular weight excluding hydrogens is 266 g/mol. The van der Waals surface area contributed by atoms with Crippen LogP contribution >= 0.6 is 0 Å². The molecule has 0 radical (unpaired) electrons. The highest BCUT2D eigenvalue weighted by Crippen LogP contribution is 2.11. The van der Waals surface area contributed by atoms with Crippen LogP contribution in [0.15, 0.2) is 24.3 Å². The highest BCUT2D eigenvalue weighted by molar-refractivity contribution is 5.99. The molecular formula is C17H27NO3. The second kappa shape index (κ2) is 9.66. The Morgan fingerprint density at radius 2 is 1.71 bits per heavy atom. The zero-order valence-corrected chi connectivity index (χ0v) is 13.6. The van der Waals surface area contributed by atoms with Crippen molar-refractivity contribution in [3.05, 3.63) is 35.4 Å². The molecule has 0 aliphatic heterocycles. The van der Waals surface area contributed by atoms with Crippen LogP contribution in [0, 0.1) is 6.92 Å². The fourth-order valence-corrected chi connectivity index (χ4v) is 2.24.